The Morgan fingerprint density at radius 1 is 1.05 bits per heavy atom. The molecule has 0 bridgehead atoms. The van der Waals surface area contributed by atoms with E-state index in [1.807, 2.05) is 6.07 Å². The molecule has 0 aromatic heterocycles. The van der Waals surface area contributed by atoms with Crippen molar-refractivity contribution in [1.29, 1.82) is 0 Å². The highest BCUT2D eigenvalue weighted by Crippen LogP contribution is 2.23. The van der Waals surface area contributed by atoms with Gasteiger partial charge >= 0.3 is 16.1 Å². The third-order valence-corrected chi connectivity index (χ3v) is 4.46. The molecule has 0 saturated heterocycles. The summed E-state index contributed by atoms with van der Waals surface area (Å²) in [5, 5.41) is 0. The Labute approximate surface area is 129 Å². The van der Waals surface area contributed by atoms with Crippen LogP contribution < -0.4 is 4.18 Å². The summed E-state index contributed by atoms with van der Waals surface area (Å²) in [6.07, 6.45) is 0. The average molecular weight is 320 g/mol. The zero-order valence-electron chi connectivity index (χ0n) is 12.5. The van der Waals surface area contributed by atoms with Gasteiger partial charge in [-0.1, -0.05) is 18.2 Å². The van der Waals surface area contributed by atoms with E-state index in [4.69, 9.17) is 4.18 Å². The molecule has 2 aromatic rings. The van der Waals surface area contributed by atoms with Crippen molar-refractivity contribution in [3.8, 4) is 5.75 Å². The molecule has 0 unspecified atom stereocenters. The molecule has 116 valence electrons. The molecule has 0 heterocycles. The lowest BCUT2D eigenvalue weighted by Gasteiger charge is -2.10. The minimum atomic E-state index is -3.97. The fourth-order valence-electron chi connectivity index (χ4n) is 1.94. The molecule has 6 heteroatoms. The number of hydrogen-bond acceptors (Lipinski definition) is 5. The Kier molecular flexibility index (Phi) is 4.51. The van der Waals surface area contributed by atoms with Gasteiger partial charge in [-0.15, -0.1) is 0 Å². The predicted molar refractivity (Wildman–Crippen MR) is 81.5 cm³/mol. The van der Waals surface area contributed by atoms with E-state index in [1.54, 1.807) is 26.0 Å². The summed E-state index contributed by atoms with van der Waals surface area (Å²) >= 11 is 0. The largest absolute Gasteiger partial charge is 0.465 e. The Bertz CT molecular complexity index is 809. The molecular formula is C16H16O5S. The van der Waals surface area contributed by atoms with Gasteiger partial charge in [-0.05, 0) is 49.2 Å². The predicted octanol–water partition coefficient (Wildman–Crippen LogP) is 2.86. The van der Waals surface area contributed by atoms with E-state index in [2.05, 4.69) is 4.74 Å². The Hall–Kier alpha value is -2.34. The first-order valence-electron chi connectivity index (χ1n) is 6.53. The van der Waals surface area contributed by atoms with E-state index in [-0.39, 0.29) is 16.2 Å². The number of ether oxygens (including phenoxy) is 1. The van der Waals surface area contributed by atoms with Crippen LogP contribution in [-0.4, -0.2) is 21.5 Å². The second kappa shape index (κ2) is 6.19. The fraction of sp³-hybridized carbons (Fsp3) is 0.188. The van der Waals surface area contributed by atoms with Gasteiger partial charge in [0.05, 0.1) is 12.7 Å². The SMILES string of the molecule is COC(=O)c1cccc(OS(=O)(=O)c2cc(C)ccc2C)c1. The molecule has 5 nitrogen and oxygen atoms in total. The van der Waals surface area contributed by atoms with Gasteiger partial charge in [0.15, 0.2) is 0 Å². The maximum atomic E-state index is 12.4. The normalized spacial score (nSPS) is 11.0. The number of methoxy groups -OCH3 is 1. The van der Waals surface area contributed by atoms with E-state index in [0.29, 0.717) is 5.56 Å². The van der Waals surface area contributed by atoms with Crippen LogP contribution in [0.5, 0.6) is 5.75 Å². The number of benzene rings is 2. The summed E-state index contributed by atoms with van der Waals surface area (Å²) in [7, 11) is -2.72. The maximum absolute atomic E-state index is 12.4. The summed E-state index contributed by atoms with van der Waals surface area (Å²) in [5.41, 5.74) is 1.63. The van der Waals surface area contributed by atoms with Crippen molar-refractivity contribution in [2.45, 2.75) is 18.7 Å². The van der Waals surface area contributed by atoms with Gasteiger partial charge in [-0.2, -0.15) is 8.42 Å². The molecule has 0 aliphatic rings. The van der Waals surface area contributed by atoms with Crippen LogP contribution in [0.4, 0.5) is 0 Å². The molecular weight excluding hydrogens is 304 g/mol. The summed E-state index contributed by atoms with van der Waals surface area (Å²) in [5.74, 6) is -0.501. The summed E-state index contributed by atoms with van der Waals surface area (Å²) in [6, 6.07) is 10.9. The van der Waals surface area contributed by atoms with Crippen LogP contribution >= 0.6 is 0 Å². The van der Waals surface area contributed by atoms with Crippen molar-refractivity contribution >= 4 is 16.1 Å². The number of carbonyl (C=O) groups is 1. The highest BCUT2D eigenvalue weighted by atomic mass is 32.2. The third kappa shape index (κ3) is 3.46. The minimum Gasteiger partial charge on any atom is -0.465 e. The fourth-order valence-corrected chi connectivity index (χ4v) is 3.18. The zero-order chi connectivity index (χ0) is 16.3. The highest BCUT2D eigenvalue weighted by molar-refractivity contribution is 7.87. The van der Waals surface area contributed by atoms with Crippen LogP contribution in [0, 0.1) is 13.8 Å². The Morgan fingerprint density at radius 2 is 1.77 bits per heavy atom. The molecule has 0 radical (unpaired) electrons. The van der Waals surface area contributed by atoms with Crippen LogP contribution in [0.2, 0.25) is 0 Å². The van der Waals surface area contributed by atoms with Crippen molar-refractivity contribution in [2.24, 2.45) is 0 Å². The molecule has 0 atom stereocenters. The number of aryl methyl sites for hydroxylation is 2. The van der Waals surface area contributed by atoms with Gasteiger partial charge in [-0.25, -0.2) is 4.79 Å². The minimum absolute atomic E-state index is 0.0591. The molecule has 0 spiro atoms. The van der Waals surface area contributed by atoms with Crippen molar-refractivity contribution in [3.63, 3.8) is 0 Å². The van der Waals surface area contributed by atoms with Gasteiger partial charge in [0.25, 0.3) is 0 Å². The molecule has 0 fully saturated rings. The third-order valence-electron chi connectivity index (χ3n) is 3.07. The molecule has 0 aliphatic heterocycles. The van der Waals surface area contributed by atoms with Crippen molar-refractivity contribution < 1.29 is 22.1 Å². The average Bonchev–Trinajstić information content (AvgIpc) is 2.48. The lowest BCUT2D eigenvalue weighted by atomic mass is 10.2. The molecule has 22 heavy (non-hydrogen) atoms. The Balaban J connectivity index is 2.37. The highest BCUT2D eigenvalue weighted by Gasteiger charge is 2.20. The van der Waals surface area contributed by atoms with Gasteiger partial charge in [0, 0.05) is 0 Å². The second-order valence-corrected chi connectivity index (χ2v) is 6.34. The van der Waals surface area contributed by atoms with Crippen LogP contribution in [0.1, 0.15) is 21.5 Å². The molecule has 2 aromatic carbocycles. The first-order valence-corrected chi connectivity index (χ1v) is 7.94. The molecule has 2 rings (SSSR count). The van der Waals surface area contributed by atoms with Crippen molar-refractivity contribution in [3.05, 3.63) is 59.2 Å². The first-order chi connectivity index (χ1) is 10.3. The molecule has 0 aliphatic carbocycles. The monoisotopic (exact) mass is 320 g/mol. The summed E-state index contributed by atoms with van der Waals surface area (Å²) in [6.45, 7) is 3.50. The number of esters is 1. The smallest absolute Gasteiger partial charge is 0.339 e. The zero-order valence-corrected chi connectivity index (χ0v) is 13.3. The lowest BCUT2D eigenvalue weighted by molar-refractivity contribution is 0.0600. The first kappa shape index (κ1) is 16.0. The van der Waals surface area contributed by atoms with Gasteiger partial charge in [0.1, 0.15) is 10.6 Å². The van der Waals surface area contributed by atoms with Crippen LogP contribution in [0.3, 0.4) is 0 Å². The molecule has 0 amide bonds. The van der Waals surface area contributed by atoms with E-state index >= 15 is 0 Å². The van der Waals surface area contributed by atoms with E-state index in [1.165, 1.54) is 31.4 Å². The van der Waals surface area contributed by atoms with E-state index in [0.717, 1.165) is 5.56 Å². The van der Waals surface area contributed by atoms with Crippen molar-refractivity contribution in [1.82, 2.24) is 0 Å². The molecule has 0 saturated carbocycles. The standard InChI is InChI=1S/C16H16O5S/c1-11-7-8-12(2)15(9-11)22(18,19)21-14-6-4-5-13(10-14)16(17)20-3/h4-10H,1-3H3. The van der Waals surface area contributed by atoms with Crippen LogP contribution in [-0.2, 0) is 14.9 Å². The van der Waals surface area contributed by atoms with Gasteiger partial charge in [-0.3, -0.25) is 0 Å². The second-order valence-electron chi connectivity index (χ2n) is 4.83. The maximum Gasteiger partial charge on any atom is 0.339 e. The number of carbonyl (C=O) groups excluding carboxylic acids is 1. The van der Waals surface area contributed by atoms with Crippen molar-refractivity contribution in [2.75, 3.05) is 7.11 Å². The van der Waals surface area contributed by atoms with Crippen LogP contribution in [0.15, 0.2) is 47.4 Å². The molecule has 0 N–H and O–H groups in total. The number of hydrogen-bond donors (Lipinski definition) is 0. The van der Waals surface area contributed by atoms with Gasteiger partial charge in [0.2, 0.25) is 0 Å². The van der Waals surface area contributed by atoms with E-state index in [9.17, 15) is 13.2 Å². The quantitative estimate of drug-likeness (QED) is 0.640. The summed E-state index contributed by atoms with van der Waals surface area (Å²) < 4.78 is 34.5. The Morgan fingerprint density at radius 3 is 2.45 bits per heavy atom. The van der Waals surface area contributed by atoms with E-state index < -0.39 is 16.1 Å². The van der Waals surface area contributed by atoms with Gasteiger partial charge < -0.3 is 8.92 Å². The topological polar surface area (TPSA) is 69.7 Å². The number of rotatable bonds is 4. The lowest BCUT2D eigenvalue weighted by Crippen LogP contribution is -2.12. The van der Waals surface area contributed by atoms with Crippen LogP contribution in [0.25, 0.3) is 0 Å². The summed E-state index contributed by atoms with van der Waals surface area (Å²) in [4.78, 5) is 11.6.